The van der Waals surface area contributed by atoms with Gasteiger partial charge in [0.2, 0.25) is 0 Å². The van der Waals surface area contributed by atoms with E-state index in [1.54, 1.807) is 6.20 Å². The largest absolute Gasteiger partial charge is 0.487 e. The molecule has 2 aromatic rings. The van der Waals surface area contributed by atoms with Gasteiger partial charge in [-0.2, -0.15) is 0 Å². The van der Waals surface area contributed by atoms with Crippen LogP contribution in [0.4, 0.5) is 0 Å². The van der Waals surface area contributed by atoms with Gasteiger partial charge in [0.05, 0.1) is 5.69 Å². The lowest BCUT2D eigenvalue weighted by atomic mass is 10.1. The summed E-state index contributed by atoms with van der Waals surface area (Å²) in [6.45, 7) is 0.484. The molecule has 0 amide bonds. The van der Waals surface area contributed by atoms with Crippen LogP contribution in [0.2, 0.25) is 0 Å². The third-order valence-electron chi connectivity index (χ3n) is 3.41. The van der Waals surface area contributed by atoms with Gasteiger partial charge in [0.1, 0.15) is 12.4 Å². The summed E-state index contributed by atoms with van der Waals surface area (Å²) in [6.07, 6.45) is 3.86. The van der Waals surface area contributed by atoms with Gasteiger partial charge in [0.25, 0.3) is 0 Å². The van der Waals surface area contributed by atoms with E-state index >= 15 is 0 Å². The van der Waals surface area contributed by atoms with Crippen molar-refractivity contribution in [2.24, 2.45) is 5.73 Å². The topological polar surface area (TPSA) is 48.1 Å². The second-order valence-corrected chi connectivity index (χ2v) is 5.68. The smallest absolute Gasteiger partial charge is 0.130 e. The molecular weight excluding hydrogens is 304 g/mol. The summed E-state index contributed by atoms with van der Waals surface area (Å²) in [4.78, 5) is 4.29. The molecule has 1 heterocycles. The molecule has 1 aromatic heterocycles. The van der Waals surface area contributed by atoms with Gasteiger partial charge in [0, 0.05) is 16.7 Å². The van der Waals surface area contributed by atoms with Crippen molar-refractivity contribution in [3.8, 4) is 5.75 Å². The lowest BCUT2D eigenvalue weighted by Gasteiger charge is -2.09. The van der Waals surface area contributed by atoms with Crippen LogP contribution in [-0.2, 0) is 13.0 Å². The number of benzene rings is 1. The van der Waals surface area contributed by atoms with Gasteiger partial charge in [0.15, 0.2) is 0 Å². The fourth-order valence-corrected chi connectivity index (χ4v) is 2.60. The maximum Gasteiger partial charge on any atom is 0.130 e. The second-order valence-electron chi connectivity index (χ2n) is 4.76. The monoisotopic (exact) mass is 318 g/mol. The Morgan fingerprint density at radius 1 is 1.32 bits per heavy atom. The molecule has 4 heteroatoms. The Kier molecular flexibility index (Phi) is 3.53. The Bertz CT molecular complexity index is 583. The van der Waals surface area contributed by atoms with Crippen LogP contribution in [0, 0.1) is 0 Å². The van der Waals surface area contributed by atoms with E-state index < -0.39 is 0 Å². The van der Waals surface area contributed by atoms with Crippen molar-refractivity contribution < 1.29 is 4.74 Å². The Labute approximate surface area is 120 Å². The molecule has 1 atom stereocenters. The van der Waals surface area contributed by atoms with E-state index in [1.807, 2.05) is 18.2 Å². The Balaban J connectivity index is 1.69. The van der Waals surface area contributed by atoms with Crippen LogP contribution in [0.3, 0.4) is 0 Å². The van der Waals surface area contributed by atoms with Gasteiger partial charge in [-0.15, -0.1) is 0 Å². The fourth-order valence-electron chi connectivity index (χ4n) is 2.37. The molecule has 0 saturated carbocycles. The molecule has 0 fully saturated rings. The van der Waals surface area contributed by atoms with Gasteiger partial charge in [-0.05, 0) is 64.2 Å². The van der Waals surface area contributed by atoms with Crippen molar-refractivity contribution >= 4 is 15.9 Å². The molecule has 19 heavy (non-hydrogen) atoms. The normalized spacial score (nSPS) is 17.3. The van der Waals surface area contributed by atoms with Gasteiger partial charge >= 0.3 is 0 Å². The molecule has 0 radical (unpaired) electrons. The van der Waals surface area contributed by atoms with E-state index in [0.717, 1.165) is 28.8 Å². The van der Waals surface area contributed by atoms with Crippen molar-refractivity contribution in [1.82, 2.24) is 4.98 Å². The van der Waals surface area contributed by atoms with Crippen molar-refractivity contribution in [1.29, 1.82) is 0 Å². The van der Waals surface area contributed by atoms with Crippen molar-refractivity contribution in [2.75, 3.05) is 0 Å². The molecule has 3 rings (SSSR count). The van der Waals surface area contributed by atoms with E-state index in [0.29, 0.717) is 6.61 Å². The van der Waals surface area contributed by atoms with Gasteiger partial charge in [-0.25, -0.2) is 0 Å². The summed E-state index contributed by atoms with van der Waals surface area (Å²) in [5.41, 5.74) is 9.51. The lowest BCUT2D eigenvalue weighted by molar-refractivity contribution is 0.301. The van der Waals surface area contributed by atoms with Crippen LogP contribution in [0.5, 0.6) is 5.75 Å². The first kappa shape index (κ1) is 12.6. The zero-order chi connectivity index (χ0) is 13.2. The average Bonchev–Trinajstić information content (AvgIpc) is 2.79. The SMILES string of the molecule is N[C@@H]1CCc2cc(OCc3ccc(Br)cn3)ccc21. The van der Waals surface area contributed by atoms with Crippen LogP contribution in [0.25, 0.3) is 0 Å². The highest BCUT2D eigenvalue weighted by atomic mass is 79.9. The molecule has 3 nitrogen and oxygen atoms in total. The quantitative estimate of drug-likeness (QED) is 0.943. The average molecular weight is 319 g/mol. The number of hydrogen-bond acceptors (Lipinski definition) is 3. The Hall–Kier alpha value is -1.39. The number of nitrogens with zero attached hydrogens (tertiary/aromatic N) is 1. The second kappa shape index (κ2) is 5.31. The Morgan fingerprint density at radius 2 is 2.21 bits per heavy atom. The number of nitrogens with two attached hydrogens (primary N) is 1. The van der Waals surface area contributed by atoms with Crippen molar-refractivity contribution in [2.45, 2.75) is 25.5 Å². The predicted molar refractivity (Wildman–Crippen MR) is 78.0 cm³/mol. The van der Waals surface area contributed by atoms with Gasteiger partial charge in [-0.3, -0.25) is 4.98 Å². The maximum absolute atomic E-state index is 6.02. The first-order valence-corrected chi connectivity index (χ1v) is 7.13. The van der Waals surface area contributed by atoms with E-state index in [9.17, 15) is 0 Å². The molecule has 0 unspecified atom stereocenters. The number of fused-ring (bicyclic) bond motifs is 1. The van der Waals surface area contributed by atoms with Crippen LogP contribution < -0.4 is 10.5 Å². The fraction of sp³-hybridized carbons (Fsp3) is 0.267. The molecule has 1 aliphatic carbocycles. The zero-order valence-corrected chi connectivity index (χ0v) is 12.1. The summed E-state index contributed by atoms with van der Waals surface area (Å²) in [5.74, 6) is 0.887. The number of halogens is 1. The number of aromatic nitrogens is 1. The van der Waals surface area contributed by atoms with Gasteiger partial charge in [-0.1, -0.05) is 6.07 Å². The minimum absolute atomic E-state index is 0.192. The molecule has 1 aromatic carbocycles. The first-order valence-electron chi connectivity index (χ1n) is 6.34. The van der Waals surface area contributed by atoms with Crippen LogP contribution >= 0.6 is 15.9 Å². The minimum Gasteiger partial charge on any atom is -0.487 e. The van der Waals surface area contributed by atoms with Crippen molar-refractivity contribution in [3.05, 3.63) is 57.8 Å². The van der Waals surface area contributed by atoms with Crippen LogP contribution in [0.15, 0.2) is 41.0 Å². The molecule has 1 aliphatic rings. The summed E-state index contributed by atoms with van der Waals surface area (Å²) in [7, 11) is 0. The minimum atomic E-state index is 0.192. The van der Waals surface area contributed by atoms with E-state index in [-0.39, 0.29) is 6.04 Å². The summed E-state index contributed by atoms with van der Waals surface area (Å²) >= 11 is 3.37. The molecular formula is C15H15BrN2O. The van der Waals surface area contributed by atoms with Crippen molar-refractivity contribution in [3.63, 3.8) is 0 Å². The number of rotatable bonds is 3. The summed E-state index contributed by atoms with van der Waals surface area (Å²) in [5, 5.41) is 0. The first-order chi connectivity index (χ1) is 9.22. The number of pyridine rings is 1. The predicted octanol–water partition coefficient (Wildman–Crippen LogP) is 3.37. The molecule has 0 spiro atoms. The number of ether oxygens (including phenoxy) is 1. The molecule has 0 aliphatic heterocycles. The highest BCUT2D eigenvalue weighted by molar-refractivity contribution is 9.10. The third-order valence-corrected chi connectivity index (χ3v) is 3.88. The molecule has 98 valence electrons. The molecule has 0 saturated heterocycles. The van der Waals surface area contributed by atoms with E-state index in [1.165, 1.54) is 11.1 Å². The Morgan fingerprint density at radius 3 is 3.00 bits per heavy atom. The maximum atomic E-state index is 6.02. The summed E-state index contributed by atoms with van der Waals surface area (Å²) in [6, 6.07) is 10.3. The lowest BCUT2D eigenvalue weighted by Crippen LogP contribution is -2.05. The van der Waals surface area contributed by atoms with Crippen LogP contribution in [0.1, 0.15) is 29.3 Å². The molecule has 0 bridgehead atoms. The third kappa shape index (κ3) is 2.80. The summed E-state index contributed by atoms with van der Waals surface area (Å²) < 4.78 is 6.75. The number of aryl methyl sites for hydroxylation is 1. The van der Waals surface area contributed by atoms with E-state index in [4.69, 9.17) is 10.5 Å². The van der Waals surface area contributed by atoms with Gasteiger partial charge < -0.3 is 10.5 Å². The van der Waals surface area contributed by atoms with Crippen LogP contribution in [-0.4, -0.2) is 4.98 Å². The molecule has 2 N–H and O–H groups in total. The standard InChI is InChI=1S/C15H15BrN2O/c16-11-2-3-12(18-8-11)9-19-13-4-5-14-10(7-13)1-6-15(14)17/h2-5,7-8,15H,1,6,9,17H2/t15-/m1/s1. The number of hydrogen-bond donors (Lipinski definition) is 1. The highest BCUT2D eigenvalue weighted by Gasteiger charge is 2.19. The highest BCUT2D eigenvalue weighted by Crippen LogP contribution is 2.31. The van der Waals surface area contributed by atoms with E-state index in [2.05, 4.69) is 33.0 Å². The zero-order valence-electron chi connectivity index (χ0n) is 10.5.